The minimum Gasteiger partial charge on any atom is -0.289 e. The van der Waals surface area contributed by atoms with Gasteiger partial charge in [-0.3, -0.25) is 14.2 Å². The van der Waals surface area contributed by atoms with Crippen molar-refractivity contribution >= 4 is 11.9 Å². The Hall–Kier alpha value is -2.17. The fourth-order valence-corrected chi connectivity index (χ4v) is 1.74. The van der Waals surface area contributed by atoms with Crippen LogP contribution in [0.15, 0.2) is 24.7 Å². The fraction of sp³-hybridized carbons (Fsp3) is 0.308. The van der Waals surface area contributed by atoms with E-state index in [1.807, 2.05) is 24.7 Å². The third-order valence-corrected chi connectivity index (χ3v) is 2.68. The molecule has 5 nitrogen and oxygen atoms in total. The quantitative estimate of drug-likeness (QED) is 0.609. The van der Waals surface area contributed by atoms with Crippen molar-refractivity contribution in [1.82, 2.24) is 19.6 Å². The second kappa shape index (κ2) is 5.00. The molecule has 0 aliphatic rings. The van der Waals surface area contributed by atoms with Crippen molar-refractivity contribution in [1.29, 1.82) is 0 Å². The van der Waals surface area contributed by atoms with Crippen molar-refractivity contribution in [2.75, 3.05) is 0 Å². The second-order valence-electron chi connectivity index (χ2n) is 4.13. The molecule has 0 fully saturated rings. The number of rotatable bonds is 4. The highest BCUT2D eigenvalue weighted by Crippen LogP contribution is 2.08. The second-order valence-corrected chi connectivity index (χ2v) is 4.13. The molecule has 0 unspecified atom stereocenters. The van der Waals surface area contributed by atoms with Crippen LogP contribution < -0.4 is 0 Å². The first-order valence-electron chi connectivity index (χ1n) is 5.85. The topological polar surface area (TPSA) is 52.7 Å². The molecule has 0 atom stereocenters. The van der Waals surface area contributed by atoms with Crippen LogP contribution in [0.2, 0.25) is 0 Å². The van der Waals surface area contributed by atoms with Gasteiger partial charge in [0, 0.05) is 31.5 Å². The van der Waals surface area contributed by atoms with Crippen LogP contribution in [0.25, 0.3) is 6.08 Å². The van der Waals surface area contributed by atoms with E-state index in [9.17, 15) is 4.79 Å². The minimum absolute atomic E-state index is 0.0372. The Morgan fingerprint density at radius 1 is 1.44 bits per heavy atom. The minimum atomic E-state index is -0.0372. The first-order chi connectivity index (χ1) is 8.60. The van der Waals surface area contributed by atoms with E-state index in [2.05, 4.69) is 10.2 Å². The first-order valence-corrected chi connectivity index (χ1v) is 5.85. The van der Waals surface area contributed by atoms with Gasteiger partial charge in [-0.05, 0) is 26.0 Å². The van der Waals surface area contributed by atoms with Gasteiger partial charge in [0.2, 0.25) is 0 Å². The largest absolute Gasteiger partial charge is 0.289 e. The van der Waals surface area contributed by atoms with Crippen LogP contribution >= 0.6 is 0 Å². The highest BCUT2D eigenvalue weighted by atomic mass is 16.1. The van der Waals surface area contributed by atoms with Crippen LogP contribution in [0.3, 0.4) is 0 Å². The Balaban J connectivity index is 2.14. The Bertz CT molecular complexity index is 592. The van der Waals surface area contributed by atoms with Gasteiger partial charge in [-0.15, -0.1) is 0 Å². The molecule has 0 radical (unpaired) electrons. The van der Waals surface area contributed by atoms with Gasteiger partial charge in [-0.1, -0.05) is 0 Å². The molecule has 0 aliphatic carbocycles. The van der Waals surface area contributed by atoms with Crippen molar-refractivity contribution in [3.05, 3.63) is 41.5 Å². The summed E-state index contributed by atoms with van der Waals surface area (Å²) in [6.45, 7) is 4.67. The molecular formula is C13H16N4O. The zero-order valence-electron chi connectivity index (χ0n) is 10.8. The van der Waals surface area contributed by atoms with E-state index in [1.54, 1.807) is 36.3 Å². The van der Waals surface area contributed by atoms with Crippen LogP contribution in [0.1, 0.15) is 28.5 Å². The highest BCUT2D eigenvalue weighted by Gasteiger charge is 2.09. The maximum absolute atomic E-state index is 12.0. The molecule has 0 aliphatic heterocycles. The van der Waals surface area contributed by atoms with Gasteiger partial charge in [-0.25, -0.2) is 0 Å². The van der Waals surface area contributed by atoms with Crippen LogP contribution in [0.5, 0.6) is 0 Å². The van der Waals surface area contributed by atoms with Crippen molar-refractivity contribution in [3.63, 3.8) is 0 Å². The zero-order valence-corrected chi connectivity index (χ0v) is 10.8. The van der Waals surface area contributed by atoms with Crippen LogP contribution in [-0.2, 0) is 13.6 Å². The Morgan fingerprint density at radius 3 is 2.78 bits per heavy atom. The molecule has 2 aromatic heterocycles. The van der Waals surface area contributed by atoms with Gasteiger partial charge in [0.15, 0.2) is 5.78 Å². The van der Waals surface area contributed by atoms with Gasteiger partial charge >= 0.3 is 0 Å². The fourth-order valence-electron chi connectivity index (χ4n) is 1.74. The number of nitrogens with zero attached hydrogens (tertiary/aromatic N) is 4. The molecule has 0 N–H and O–H groups in total. The third-order valence-electron chi connectivity index (χ3n) is 2.68. The van der Waals surface area contributed by atoms with E-state index in [-0.39, 0.29) is 5.78 Å². The maximum atomic E-state index is 12.0. The summed E-state index contributed by atoms with van der Waals surface area (Å²) in [5, 5.41) is 8.29. The number of allylic oxidation sites excluding steroid dienone is 1. The third kappa shape index (κ3) is 2.56. The lowest BCUT2D eigenvalue weighted by Crippen LogP contribution is -1.94. The predicted octanol–water partition coefficient (Wildman–Crippen LogP) is 1.84. The molecule has 0 amide bonds. The number of hydrogen-bond donors (Lipinski definition) is 0. The molecular weight excluding hydrogens is 228 g/mol. The summed E-state index contributed by atoms with van der Waals surface area (Å²) in [5.41, 5.74) is 2.31. The number of carbonyl (C=O) groups excluding carboxylic acids is 1. The molecule has 5 heteroatoms. The van der Waals surface area contributed by atoms with Crippen molar-refractivity contribution in [2.24, 2.45) is 7.05 Å². The standard InChI is InChI=1S/C13H16N4O/c1-4-17-8-11(7-14-17)5-6-13(18)12-9-16(3)15-10(12)2/h5-9H,4H2,1-3H3/b6-5+. The summed E-state index contributed by atoms with van der Waals surface area (Å²) >= 11 is 0. The van der Waals surface area contributed by atoms with Crippen molar-refractivity contribution in [3.8, 4) is 0 Å². The average molecular weight is 244 g/mol. The summed E-state index contributed by atoms with van der Waals surface area (Å²) in [7, 11) is 1.80. The Kier molecular flexibility index (Phi) is 3.41. The molecule has 94 valence electrons. The van der Waals surface area contributed by atoms with Crippen molar-refractivity contribution < 1.29 is 4.79 Å². The van der Waals surface area contributed by atoms with E-state index >= 15 is 0 Å². The molecule has 2 heterocycles. The van der Waals surface area contributed by atoms with E-state index in [4.69, 9.17) is 0 Å². The van der Waals surface area contributed by atoms with Gasteiger partial charge < -0.3 is 0 Å². The average Bonchev–Trinajstić information content (AvgIpc) is 2.92. The summed E-state index contributed by atoms with van der Waals surface area (Å²) in [5.74, 6) is -0.0372. The zero-order chi connectivity index (χ0) is 13.1. The van der Waals surface area contributed by atoms with E-state index < -0.39 is 0 Å². The van der Waals surface area contributed by atoms with Crippen LogP contribution in [-0.4, -0.2) is 25.3 Å². The summed E-state index contributed by atoms with van der Waals surface area (Å²) in [6.07, 6.45) is 8.70. The maximum Gasteiger partial charge on any atom is 0.189 e. The molecule has 0 spiro atoms. The molecule has 0 bridgehead atoms. The van der Waals surface area contributed by atoms with E-state index in [0.717, 1.165) is 17.8 Å². The van der Waals surface area contributed by atoms with E-state index in [0.29, 0.717) is 5.56 Å². The van der Waals surface area contributed by atoms with Gasteiger partial charge in [0.25, 0.3) is 0 Å². The smallest absolute Gasteiger partial charge is 0.189 e. The summed E-state index contributed by atoms with van der Waals surface area (Å²) in [4.78, 5) is 12.0. The van der Waals surface area contributed by atoms with Crippen LogP contribution in [0.4, 0.5) is 0 Å². The SMILES string of the molecule is CCn1cc(/C=C/C(=O)c2cn(C)nc2C)cn1. The highest BCUT2D eigenvalue weighted by molar-refractivity contribution is 6.07. The van der Waals surface area contributed by atoms with Gasteiger partial charge in [0.05, 0.1) is 17.5 Å². The lowest BCUT2D eigenvalue weighted by atomic mass is 10.1. The molecule has 2 aromatic rings. The van der Waals surface area contributed by atoms with Crippen LogP contribution in [0, 0.1) is 6.92 Å². The monoisotopic (exact) mass is 244 g/mol. The normalized spacial score (nSPS) is 11.3. The van der Waals surface area contributed by atoms with Gasteiger partial charge in [-0.2, -0.15) is 10.2 Å². The molecule has 0 saturated heterocycles. The molecule has 0 aromatic carbocycles. The van der Waals surface area contributed by atoms with Gasteiger partial charge in [0.1, 0.15) is 0 Å². The number of ketones is 1. The first kappa shape index (κ1) is 12.3. The summed E-state index contributed by atoms with van der Waals surface area (Å²) < 4.78 is 3.46. The Morgan fingerprint density at radius 2 is 2.22 bits per heavy atom. The number of aromatic nitrogens is 4. The van der Waals surface area contributed by atoms with E-state index in [1.165, 1.54) is 0 Å². The lowest BCUT2D eigenvalue weighted by Gasteiger charge is -1.91. The molecule has 0 saturated carbocycles. The number of hydrogen-bond acceptors (Lipinski definition) is 3. The summed E-state index contributed by atoms with van der Waals surface area (Å²) in [6, 6.07) is 0. The Labute approximate surface area is 106 Å². The number of carbonyl (C=O) groups is 1. The molecule has 18 heavy (non-hydrogen) atoms. The lowest BCUT2D eigenvalue weighted by molar-refractivity contribution is 0.104. The number of aryl methyl sites for hydroxylation is 3. The molecule has 2 rings (SSSR count). The van der Waals surface area contributed by atoms with Crippen molar-refractivity contribution in [2.45, 2.75) is 20.4 Å². The predicted molar refractivity (Wildman–Crippen MR) is 69.2 cm³/mol.